The molecule has 3 aliphatic rings. The number of aliphatic imine (C=N–C) groups is 1. The molecule has 5 nitrogen and oxygen atoms in total. The number of nitrogens with zero attached hydrogens (tertiary/aromatic N) is 4. The van der Waals surface area contributed by atoms with E-state index in [4.69, 9.17) is 14.7 Å². The summed E-state index contributed by atoms with van der Waals surface area (Å²) in [5.74, 6) is 2.82. The summed E-state index contributed by atoms with van der Waals surface area (Å²) in [6.45, 7) is 41.5. The van der Waals surface area contributed by atoms with E-state index in [0.717, 1.165) is 45.7 Å². The summed E-state index contributed by atoms with van der Waals surface area (Å²) in [6, 6.07) is 37.7. The minimum Gasteiger partial charge on any atom is -0.503 e. The zero-order valence-corrected chi connectivity index (χ0v) is 48.7. The zero-order valence-electron chi connectivity index (χ0n) is 46.5. The second kappa shape index (κ2) is 17.1. The predicted molar refractivity (Wildman–Crippen MR) is 302 cm³/mol. The van der Waals surface area contributed by atoms with E-state index >= 15 is 0 Å². The van der Waals surface area contributed by atoms with Crippen molar-refractivity contribution < 1.29 is 25.8 Å². The number of hydrogen-bond acceptors (Lipinski definition) is 4. The Balaban J connectivity index is 0.00000611. The van der Waals surface area contributed by atoms with Crippen LogP contribution in [0, 0.1) is 60.6 Å². The van der Waals surface area contributed by atoms with Gasteiger partial charge < -0.3 is 19.2 Å². The van der Waals surface area contributed by atoms with Crippen molar-refractivity contribution >= 4 is 33.5 Å². The van der Waals surface area contributed by atoms with Gasteiger partial charge in [-0.15, -0.1) is 28.8 Å². The first-order valence-corrected chi connectivity index (χ1v) is 26.3. The summed E-state index contributed by atoms with van der Waals surface area (Å²) in [5.41, 5.74) is 24.3. The SMILES string of the molecule is Cc1cc2c([c-]c1Oc1[c-]c(C3=N[C@]4(C)c5ccc(C)c(C)c5C[C@]4(C)N3c3c(C)c(C)cc(C)c3C)cc(-c3c(C(C)C)cccc3C(C)C)c1)-n1c3ncccc3c3cc(C(C)(C)C)cc(c31)C2(C)C.[Pt+2]. The minimum atomic E-state index is -0.547. The van der Waals surface area contributed by atoms with Crippen LogP contribution in [-0.2, 0) is 43.9 Å². The van der Waals surface area contributed by atoms with Gasteiger partial charge in [0, 0.05) is 34.2 Å². The summed E-state index contributed by atoms with van der Waals surface area (Å²) in [6.07, 6.45) is 2.78. The summed E-state index contributed by atoms with van der Waals surface area (Å²) < 4.78 is 9.73. The van der Waals surface area contributed by atoms with Crippen molar-refractivity contribution in [3.8, 4) is 28.3 Å². The van der Waals surface area contributed by atoms with E-state index in [-0.39, 0.29) is 31.9 Å². The second-order valence-electron chi connectivity index (χ2n) is 24.4. The number of pyridine rings is 1. The Hall–Kier alpha value is -5.77. The van der Waals surface area contributed by atoms with Gasteiger partial charge in [0.25, 0.3) is 0 Å². The number of anilines is 1. The molecule has 0 radical (unpaired) electrons. The molecule has 1 aliphatic carbocycles. The monoisotopic (exact) mass is 1140 g/mol. The molecule has 8 aromatic rings. The van der Waals surface area contributed by atoms with Crippen LogP contribution in [0.15, 0.2) is 90.1 Å². The van der Waals surface area contributed by atoms with E-state index in [0.29, 0.717) is 23.3 Å². The fourth-order valence-corrected chi connectivity index (χ4v) is 12.9. The van der Waals surface area contributed by atoms with Crippen molar-refractivity contribution in [2.45, 2.75) is 165 Å². The van der Waals surface area contributed by atoms with E-state index in [2.05, 4.69) is 225 Å². The van der Waals surface area contributed by atoms with Crippen molar-refractivity contribution in [1.82, 2.24) is 9.55 Å². The molecule has 0 bridgehead atoms. The topological polar surface area (TPSA) is 42.6 Å². The number of hydrogen-bond donors (Lipinski definition) is 0. The third-order valence-corrected chi connectivity index (χ3v) is 17.8. The Labute approximate surface area is 449 Å². The third-order valence-electron chi connectivity index (χ3n) is 17.8. The maximum absolute atomic E-state index is 7.38. The predicted octanol–water partition coefficient (Wildman–Crippen LogP) is 17.1. The van der Waals surface area contributed by atoms with Gasteiger partial charge in [-0.25, -0.2) is 4.98 Å². The number of amidine groups is 1. The standard InChI is InChI=1S/C67H72N4O.Pt/c1-36(2)49-21-19-22-50(37(3)4)59(49)45-29-46(62-69-67(18)54-25-24-38(5)42(9)53(54)35-66(67,17)71(62)60-43(10)39(6)27-40(7)44(60)11)31-48(30-45)72-58-34-57-55(28-41(58)8)65(15,16)56-33-47(64(12,13)14)32-52-51-23-20-26-68-63(51)70(57)61(52)56;/h19-30,32-33,36-37H,35H2,1-18H3;/q-2;+2/t66-,67+;/m0./s1. The van der Waals surface area contributed by atoms with Gasteiger partial charge in [-0.05, 0) is 175 Å². The van der Waals surface area contributed by atoms with E-state index < -0.39 is 11.1 Å². The molecule has 6 aromatic carbocycles. The Kier molecular flexibility index (Phi) is 11.9. The van der Waals surface area contributed by atoms with Gasteiger partial charge in [-0.2, -0.15) is 6.07 Å². The Morgan fingerprint density at radius 2 is 1.34 bits per heavy atom. The number of benzene rings is 6. The van der Waals surface area contributed by atoms with E-state index in [1.54, 1.807) is 0 Å². The fraction of sp³-hybridized carbons (Fsp3) is 0.373. The van der Waals surface area contributed by atoms with Crippen LogP contribution >= 0.6 is 0 Å². The zero-order chi connectivity index (χ0) is 51.5. The van der Waals surface area contributed by atoms with E-state index in [1.165, 1.54) is 94.5 Å². The Morgan fingerprint density at radius 1 is 0.671 bits per heavy atom. The van der Waals surface area contributed by atoms with Crippen molar-refractivity contribution in [3.05, 3.63) is 181 Å². The first-order valence-electron chi connectivity index (χ1n) is 26.3. The molecule has 0 N–H and O–H groups in total. The first-order chi connectivity index (χ1) is 33.9. The largest absolute Gasteiger partial charge is 2.00 e. The van der Waals surface area contributed by atoms with Crippen molar-refractivity contribution in [1.29, 1.82) is 0 Å². The molecule has 2 atom stereocenters. The van der Waals surface area contributed by atoms with Gasteiger partial charge in [0.2, 0.25) is 0 Å². The molecule has 6 heteroatoms. The van der Waals surface area contributed by atoms with Gasteiger partial charge in [-0.1, -0.05) is 135 Å². The number of ether oxygens (including phenoxy) is 1. The quantitative estimate of drug-likeness (QED) is 0.149. The maximum atomic E-state index is 7.38. The molecule has 2 aromatic heterocycles. The molecule has 73 heavy (non-hydrogen) atoms. The normalized spacial score (nSPS) is 18.6. The molecule has 11 rings (SSSR count). The molecule has 0 amide bonds. The van der Waals surface area contributed by atoms with Crippen LogP contribution in [-0.4, -0.2) is 20.9 Å². The van der Waals surface area contributed by atoms with Crippen molar-refractivity contribution in [3.63, 3.8) is 0 Å². The Morgan fingerprint density at radius 3 is 1.99 bits per heavy atom. The van der Waals surface area contributed by atoms with Crippen LogP contribution in [0.2, 0.25) is 0 Å². The molecule has 0 fully saturated rings. The molecular formula is C67H72N4OPt. The number of rotatable bonds is 7. The van der Waals surface area contributed by atoms with Gasteiger partial charge >= 0.3 is 21.1 Å². The maximum Gasteiger partial charge on any atom is 2.00 e. The second-order valence-corrected chi connectivity index (χ2v) is 24.4. The van der Waals surface area contributed by atoms with Gasteiger partial charge in [0.05, 0.1) is 22.4 Å². The molecule has 2 aliphatic heterocycles. The van der Waals surface area contributed by atoms with E-state index in [1.807, 2.05) is 6.20 Å². The molecular weight excluding hydrogens is 1070 g/mol. The van der Waals surface area contributed by atoms with Crippen LogP contribution in [0.25, 0.3) is 38.8 Å². The average Bonchev–Trinajstić information content (AvgIpc) is 3.86. The minimum absolute atomic E-state index is 0. The number of aromatic nitrogens is 2. The molecule has 0 spiro atoms. The Bertz CT molecular complexity index is 3620. The number of aryl methyl sites for hydroxylation is 4. The molecule has 0 saturated heterocycles. The van der Waals surface area contributed by atoms with Crippen LogP contribution < -0.4 is 9.64 Å². The summed E-state index contributed by atoms with van der Waals surface area (Å²) in [7, 11) is 0. The van der Waals surface area contributed by atoms with Crippen LogP contribution in [0.4, 0.5) is 5.69 Å². The summed E-state index contributed by atoms with van der Waals surface area (Å²) in [4.78, 5) is 13.8. The van der Waals surface area contributed by atoms with E-state index in [9.17, 15) is 0 Å². The van der Waals surface area contributed by atoms with Gasteiger partial charge in [-0.3, -0.25) is 0 Å². The van der Waals surface area contributed by atoms with Crippen molar-refractivity contribution in [2.24, 2.45) is 4.99 Å². The fourth-order valence-electron chi connectivity index (χ4n) is 12.9. The molecule has 4 heterocycles. The first kappa shape index (κ1) is 50.7. The van der Waals surface area contributed by atoms with Crippen molar-refractivity contribution in [2.75, 3.05) is 4.90 Å². The van der Waals surface area contributed by atoms with Crippen LogP contribution in [0.5, 0.6) is 11.5 Å². The molecule has 376 valence electrons. The van der Waals surface area contributed by atoms with Gasteiger partial charge in [0.1, 0.15) is 5.65 Å². The summed E-state index contributed by atoms with van der Waals surface area (Å²) >= 11 is 0. The number of fused-ring (bicyclic) bond motifs is 8. The molecule has 0 unspecified atom stereocenters. The average molecular weight is 1140 g/mol. The van der Waals surface area contributed by atoms with Crippen LogP contribution in [0.3, 0.4) is 0 Å². The van der Waals surface area contributed by atoms with Crippen LogP contribution in [0.1, 0.15) is 171 Å². The smallest absolute Gasteiger partial charge is 0.503 e. The molecule has 0 saturated carbocycles. The van der Waals surface area contributed by atoms with Gasteiger partial charge in [0.15, 0.2) is 0 Å². The third kappa shape index (κ3) is 7.32. The summed E-state index contributed by atoms with van der Waals surface area (Å²) in [5, 5.41) is 2.37.